The van der Waals surface area contributed by atoms with Gasteiger partial charge in [0.15, 0.2) is 6.23 Å². The number of carboxylic acids is 1. The Bertz CT molecular complexity index is 664. The summed E-state index contributed by atoms with van der Waals surface area (Å²) in [4.78, 5) is 25.5. The fourth-order valence-electron chi connectivity index (χ4n) is 2.79. The molecule has 2 aliphatic rings. The van der Waals surface area contributed by atoms with Crippen LogP contribution >= 0.6 is 11.3 Å². The SMILES string of the molecule is CC(C)(C)C1=C(C(=O)[O-])N2C(=O)[C@H]([C@H](O)c3cccs3)[C@H]2O1.[K+]. The van der Waals surface area contributed by atoms with Crippen LogP contribution in [0.25, 0.3) is 0 Å². The minimum Gasteiger partial charge on any atom is -0.543 e. The van der Waals surface area contributed by atoms with E-state index in [-0.39, 0.29) is 62.8 Å². The Morgan fingerprint density at radius 1 is 1.48 bits per heavy atom. The molecule has 3 heterocycles. The summed E-state index contributed by atoms with van der Waals surface area (Å²) in [5, 5.41) is 23.6. The van der Waals surface area contributed by atoms with E-state index >= 15 is 0 Å². The maximum absolute atomic E-state index is 12.3. The number of aliphatic hydroxyl groups excluding tert-OH is 1. The van der Waals surface area contributed by atoms with Crippen molar-refractivity contribution in [1.29, 1.82) is 0 Å². The molecule has 0 unspecified atom stereocenters. The number of β-lactam (4-membered cyclic amide) rings is 1. The van der Waals surface area contributed by atoms with E-state index in [2.05, 4.69) is 0 Å². The van der Waals surface area contributed by atoms with E-state index < -0.39 is 35.5 Å². The number of ether oxygens (including phenoxy) is 1. The van der Waals surface area contributed by atoms with Crippen molar-refractivity contribution < 1.29 is 75.9 Å². The number of carboxylic acid groups (broad SMARTS) is 1. The maximum Gasteiger partial charge on any atom is 1.00 e. The van der Waals surface area contributed by atoms with Gasteiger partial charge in [0.1, 0.15) is 23.5 Å². The third-order valence-electron chi connectivity index (χ3n) is 3.83. The molecule has 0 spiro atoms. The number of fused-ring (bicyclic) bond motifs is 1. The smallest absolute Gasteiger partial charge is 0.543 e. The van der Waals surface area contributed by atoms with Crippen LogP contribution in [0.15, 0.2) is 29.0 Å². The zero-order chi connectivity index (χ0) is 16.2. The van der Waals surface area contributed by atoms with Crippen LogP contribution in [0.3, 0.4) is 0 Å². The molecule has 3 rings (SSSR count). The van der Waals surface area contributed by atoms with E-state index in [1.165, 1.54) is 11.3 Å². The summed E-state index contributed by atoms with van der Waals surface area (Å²) >= 11 is 1.34. The van der Waals surface area contributed by atoms with Crippen LogP contribution in [-0.4, -0.2) is 28.1 Å². The molecular formula is C15H16KNO5S. The Balaban J connectivity index is 0.00000192. The molecule has 2 aliphatic heterocycles. The van der Waals surface area contributed by atoms with Crippen LogP contribution in [-0.2, 0) is 14.3 Å². The first kappa shape index (κ1) is 19.1. The van der Waals surface area contributed by atoms with Crippen LogP contribution in [0.2, 0.25) is 0 Å². The molecule has 1 amide bonds. The van der Waals surface area contributed by atoms with Crippen molar-refractivity contribution in [1.82, 2.24) is 4.90 Å². The molecule has 0 bridgehead atoms. The van der Waals surface area contributed by atoms with Crippen LogP contribution in [0.1, 0.15) is 31.8 Å². The molecular weight excluding hydrogens is 345 g/mol. The summed E-state index contributed by atoms with van der Waals surface area (Å²) in [5.74, 6) is -2.48. The molecule has 3 atom stereocenters. The van der Waals surface area contributed by atoms with E-state index in [1.54, 1.807) is 38.3 Å². The molecule has 1 fully saturated rings. The third kappa shape index (κ3) is 3.06. The zero-order valence-corrected chi connectivity index (χ0v) is 17.3. The summed E-state index contributed by atoms with van der Waals surface area (Å²) in [6.45, 7) is 5.39. The quantitative estimate of drug-likeness (QED) is 0.479. The predicted octanol–water partition coefficient (Wildman–Crippen LogP) is -2.39. The first-order valence-corrected chi connectivity index (χ1v) is 7.78. The number of carbonyl (C=O) groups excluding carboxylic acids is 2. The topological polar surface area (TPSA) is 89.9 Å². The molecule has 1 saturated heterocycles. The number of hydrogen-bond donors (Lipinski definition) is 1. The van der Waals surface area contributed by atoms with E-state index in [0.29, 0.717) is 4.88 Å². The number of thiophene rings is 1. The van der Waals surface area contributed by atoms with Gasteiger partial charge in [0.25, 0.3) is 0 Å². The number of carbonyl (C=O) groups is 2. The zero-order valence-electron chi connectivity index (χ0n) is 13.4. The second kappa shape index (κ2) is 6.59. The summed E-state index contributed by atoms with van der Waals surface area (Å²) in [5.41, 5.74) is -0.803. The van der Waals surface area contributed by atoms with Crippen LogP contribution < -0.4 is 56.5 Å². The fraction of sp³-hybridized carbons (Fsp3) is 0.467. The molecule has 1 aromatic heterocycles. The van der Waals surface area contributed by atoms with Crippen molar-refractivity contribution in [3.63, 3.8) is 0 Å². The van der Waals surface area contributed by atoms with Crippen molar-refractivity contribution in [3.8, 4) is 0 Å². The largest absolute Gasteiger partial charge is 1.00 e. The van der Waals surface area contributed by atoms with Crippen LogP contribution in [0.4, 0.5) is 0 Å². The molecule has 118 valence electrons. The second-order valence-corrected chi connectivity index (χ2v) is 7.40. The Morgan fingerprint density at radius 2 is 2.13 bits per heavy atom. The van der Waals surface area contributed by atoms with Gasteiger partial charge in [0, 0.05) is 10.3 Å². The van der Waals surface area contributed by atoms with Crippen LogP contribution in [0, 0.1) is 11.3 Å². The average molecular weight is 361 g/mol. The maximum atomic E-state index is 12.3. The summed E-state index contributed by atoms with van der Waals surface area (Å²) in [6.07, 6.45) is -1.79. The van der Waals surface area contributed by atoms with Crippen molar-refractivity contribution >= 4 is 23.2 Å². The fourth-order valence-corrected chi connectivity index (χ4v) is 3.54. The van der Waals surface area contributed by atoms with Crippen molar-refractivity contribution in [2.45, 2.75) is 33.1 Å². The van der Waals surface area contributed by atoms with Crippen molar-refractivity contribution in [2.75, 3.05) is 0 Å². The summed E-state index contributed by atoms with van der Waals surface area (Å²) in [7, 11) is 0. The number of aliphatic carboxylic acids is 1. The Labute approximate surface area is 180 Å². The standard InChI is InChI=1S/C15H17NO5S.K/c1-15(2,3)11-9(14(19)20)16-12(18)8(13(16)21-11)10(17)7-5-4-6-22-7;/h4-6,8,10,13,17H,1-3H3,(H,19,20);/q;+1/p-1/t8-,10+,13+;/m0./s1. The average Bonchev–Trinajstić information content (AvgIpc) is 3.02. The minimum atomic E-state index is -1.44. The van der Waals surface area contributed by atoms with Gasteiger partial charge >= 0.3 is 51.4 Å². The van der Waals surface area contributed by atoms with Gasteiger partial charge in [-0.1, -0.05) is 26.8 Å². The van der Waals surface area contributed by atoms with Gasteiger partial charge < -0.3 is 19.7 Å². The second-order valence-electron chi connectivity index (χ2n) is 6.42. The molecule has 1 aromatic rings. The molecule has 1 N–H and O–H groups in total. The van der Waals surface area contributed by atoms with E-state index in [0.717, 1.165) is 4.90 Å². The van der Waals surface area contributed by atoms with Gasteiger partial charge in [-0.15, -0.1) is 11.3 Å². The predicted molar refractivity (Wildman–Crippen MR) is 76.0 cm³/mol. The summed E-state index contributed by atoms with van der Waals surface area (Å²) in [6, 6.07) is 3.52. The molecule has 0 radical (unpaired) electrons. The normalized spacial score (nSPS) is 24.5. The van der Waals surface area contributed by atoms with Crippen molar-refractivity contribution in [2.24, 2.45) is 11.3 Å². The Kier molecular flexibility index (Phi) is 5.47. The first-order chi connectivity index (χ1) is 10.2. The number of amides is 1. The molecule has 8 heteroatoms. The number of hydrogen-bond acceptors (Lipinski definition) is 6. The Morgan fingerprint density at radius 3 is 2.61 bits per heavy atom. The van der Waals surface area contributed by atoms with E-state index in [4.69, 9.17) is 4.74 Å². The van der Waals surface area contributed by atoms with Gasteiger partial charge in [0.05, 0.1) is 5.97 Å². The van der Waals surface area contributed by atoms with Crippen LogP contribution in [0.5, 0.6) is 0 Å². The van der Waals surface area contributed by atoms with Gasteiger partial charge in [-0.3, -0.25) is 9.69 Å². The summed E-state index contributed by atoms with van der Waals surface area (Å²) < 4.78 is 5.71. The molecule has 0 aromatic carbocycles. The molecule has 0 saturated carbocycles. The molecule has 6 nitrogen and oxygen atoms in total. The third-order valence-corrected chi connectivity index (χ3v) is 4.77. The molecule has 0 aliphatic carbocycles. The first-order valence-electron chi connectivity index (χ1n) is 6.90. The Hall–Kier alpha value is -0.224. The number of nitrogens with zero attached hydrogens (tertiary/aromatic N) is 1. The number of aliphatic hydroxyl groups is 1. The van der Waals surface area contributed by atoms with Gasteiger partial charge in [0.2, 0.25) is 5.91 Å². The number of rotatable bonds is 3. The minimum absolute atomic E-state index is 0. The van der Waals surface area contributed by atoms with E-state index in [9.17, 15) is 19.8 Å². The van der Waals surface area contributed by atoms with Gasteiger partial charge in [-0.2, -0.15) is 0 Å². The van der Waals surface area contributed by atoms with Crippen molar-refractivity contribution in [3.05, 3.63) is 33.8 Å². The van der Waals surface area contributed by atoms with Gasteiger partial charge in [-0.25, -0.2) is 0 Å². The van der Waals surface area contributed by atoms with Gasteiger partial charge in [-0.05, 0) is 11.4 Å². The monoisotopic (exact) mass is 361 g/mol. The number of allylic oxidation sites excluding steroid dienone is 1. The van der Waals surface area contributed by atoms with E-state index in [1.807, 2.05) is 0 Å². The molecule has 23 heavy (non-hydrogen) atoms.